The monoisotopic (exact) mass is 156 g/mol. The zero-order chi connectivity index (χ0) is 8.69. The molecule has 0 aromatic heterocycles. The number of nitrogens with zero attached hydrogens (tertiary/aromatic N) is 1. The maximum Gasteiger partial charge on any atom is 0.0925 e. The molecule has 0 saturated heterocycles. The van der Waals surface area contributed by atoms with E-state index in [1.807, 2.05) is 13.0 Å². The van der Waals surface area contributed by atoms with Crippen LogP contribution in [0.4, 0.5) is 0 Å². The fraction of sp³-hybridized carbons (Fsp3) is 0.875. The molecule has 2 unspecified atom stereocenters. The largest absolute Gasteiger partial charge is 0.392 e. The normalized spacial score (nSPS) is 15.5. The van der Waals surface area contributed by atoms with Gasteiger partial charge < -0.3 is 5.11 Å². The molecule has 2 N–H and O–H groups in total. The lowest BCUT2D eigenvalue weighted by Crippen LogP contribution is -2.32. The third-order valence-corrected chi connectivity index (χ3v) is 1.48. The molecular weight excluding hydrogens is 140 g/mol. The third-order valence-electron chi connectivity index (χ3n) is 1.48. The van der Waals surface area contributed by atoms with Gasteiger partial charge in [0.15, 0.2) is 0 Å². The number of hydrogen-bond donors (Lipinski definition) is 2. The molecule has 3 nitrogen and oxygen atoms in total. The Morgan fingerprint density at radius 2 is 2.27 bits per heavy atom. The molecule has 0 aliphatic carbocycles. The molecule has 0 rings (SSSR count). The van der Waals surface area contributed by atoms with Crippen molar-refractivity contribution in [3.05, 3.63) is 0 Å². The first-order valence-corrected chi connectivity index (χ1v) is 4.01. The number of rotatable bonds is 5. The van der Waals surface area contributed by atoms with Gasteiger partial charge in [-0.3, -0.25) is 5.32 Å². The standard InChI is InChI=1S/C8H16N2O/c1-3-4-8(11)6-10-7(2)5-9/h7-8,10-11H,3-4,6H2,1-2H3. The van der Waals surface area contributed by atoms with Gasteiger partial charge in [0, 0.05) is 6.54 Å². The zero-order valence-corrected chi connectivity index (χ0v) is 7.17. The Hall–Kier alpha value is -0.590. The van der Waals surface area contributed by atoms with Crippen LogP contribution in [-0.2, 0) is 0 Å². The van der Waals surface area contributed by atoms with E-state index in [4.69, 9.17) is 5.26 Å². The summed E-state index contributed by atoms with van der Waals surface area (Å²) < 4.78 is 0. The van der Waals surface area contributed by atoms with Crippen LogP contribution in [0.3, 0.4) is 0 Å². The average Bonchev–Trinajstić information content (AvgIpc) is 2.01. The summed E-state index contributed by atoms with van der Waals surface area (Å²) in [5.41, 5.74) is 0. The molecule has 0 fully saturated rings. The van der Waals surface area contributed by atoms with E-state index in [0.29, 0.717) is 6.54 Å². The Labute approximate surface area is 68.0 Å². The lowest BCUT2D eigenvalue weighted by Gasteiger charge is -2.11. The van der Waals surface area contributed by atoms with Crippen LogP contribution in [0.25, 0.3) is 0 Å². The van der Waals surface area contributed by atoms with Crippen LogP contribution in [-0.4, -0.2) is 23.8 Å². The summed E-state index contributed by atoms with van der Waals surface area (Å²) in [6.45, 7) is 4.32. The van der Waals surface area contributed by atoms with Gasteiger partial charge >= 0.3 is 0 Å². The number of hydrogen-bond acceptors (Lipinski definition) is 3. The molecule has 0 aromatic rings. The fourth-order valence-corrected chi connectivity index (χ4v) is 0.794. The molecule has 0 aliphatic rings. The van der Waals surface area contributed by atoms with Crippen molar-refractivity contribution in [2.24, 2.45) is 0 Å². The van der Waals surface area contributed by atoms with Crippen LogP contribution in [0.15, 0.2) is 0 Å². The molecule has 0 aromatic carbocycles. The predicted molar refractivity (Wildman–Crippen MR) is 44.0 cm³/mol. The molecule has 64 valence electrons. The summed E-state index contributed by atoms with van der Waals surface area (Å²) in [5.74, 6) is 0. The maximum absolute atomic E-state index is 9.22. The quantitative estimate of drug-likeness (QED) is 0.614. The van der Waals surface area contributed by atoms with Crippen LogP contribution < -0.4 is 5.32 Å². The molecule has 0 bridgehead atoms. The van der Waals surface area contributed by atoms with Crippen molar-refractivity contribution in [2.75, 3.05) is 6.54 Å². The number of aliphatic hydroxyl groups is 1. The Bertz CT molecular complexity index is 131. The zero-order valence-electron chi connectivity index (χ0n) is 7.17. The SMILES string of the molecule is CCCC(O)CNC(C)C#N. The van der Waals surface area contributed by atoms with E-state index in [0.717, 1.165) is 12.8 Å². The molecule has 3 heteroatoms. The van der Waals surface area contributed by atoms with Crippen molar-refractivity contribution >= 4 is 0 Å². The second-order valence-corrected chi connectivity index (χ2v) is 2.70. The van der Waals surface area contributed by atoms with Gasteiger partial charge in [0.05, 0.1) is 18.2 Å². The fourth-order valence-electron chi connectivity index (χ4n) is 0.794. The highest BCUT2D eigenvalue weighted by Crippen LogP contribution is 1.94. The minimum absolute atomic E-state index is 0.165. The smallest absolute Gasteiger partial charge is 0.0925 e. The van der Waals surface area contributed by atoms with Gasteiger partial charge in [-0.1, -0.05) is 13.3 Å². The van der Waals surface area contributed by atoms with Gasteiger partial charge in [-0.05, 0) is 13.3 Å². The highest BCUT2D eigenvalue weighted by atomic mass is 16.3. The van der Waals surface area contributed by atoms with E-state index in [1.54, 1.807) is 6.92 Å². The van der Waals surface area contributed by atoms with Crippen molar-refractivity contribution in [1.29, 1.82) is 5.26 Å². The van der Waals surface area contributed by atoms with Crippen LogP contribution >= 0.6 is 0 Å². The van der Waals surface area contributed by atoms with Crippen molar-refractivity contribution in [3.63, 3.8) is 0 Å². The van der Waals surface area contributed by atoms with Gasteiger partial charge in [0.1, 0.15) is 0 Å². The van der Waals surface area contributed by atoms with E-state index in [9.17, 15) is 5.11 Å². The lowest BCUT2D eigenvalue weighted by atomic mass is 10.2. The van der Waals surface area contributed by atoms with Crippen LogP contribution in [0, 0.1) is 11.3 Å². The number of nitrogens with one attached hydrogen (secondary N) is 1. The molecule has 0 spiro atoms. The molecule has 0 heterocycles. The van der Waals surface area contributed by atoms with Crippen molar-refractivity contribution in [3.8, 4) is 6.07 Å². The molecule has 0 aliphatic heterocycles. The van der Waals surface area contributed by atoms with Crippen molar-refractivity contribution < 1.29 is 5.11 Å². The van der Waals surface area contributed by atoms with Crippen LogP contribution in [0.5, 0.6) is 0 Å². The number of aliphatic hydroxyl groups excluding tert-OH is 1. The molecule has 11 heavy (non-hydrogen) atoms. The Kier molecular flexibility index (Phi) is 5.81. The molecule has 0 amide bonds. The first kappa shape index (κ1) is 10.4. The molecule has 0 saturated carbocycles. The summed E-state index contributed by atoms with van der Waals surface area (Å²) >= 11 is 0. The van der Waals surface area contributed by atoms with Gasteiger partial charge in [-0.2, -0.15) is 5.26 Å². The minimum Gasteiger partial charge on any atom is -0.392 e. The molecular formula is C8H16N2O. The number of nitriles is 1. The lowest BCUT2D eigenvalue weighted by molar-refractivity contribution is 0.159. The first-order valence-electron chi connectivity index (χ1n) is 4.01. The Balaban J connectivity index is 3.31. The minimum atomic E-state index is -0.309. The second-order valence-electron chi connectivity index (χ2n) is 2.70. The predicted octanol–water partition coefficient (Wildman–Crippen LogP) is 0.649. The maximum atomic E-state index is 9.22. The van der Waals surface area contributed by atoms with E-state index >= 15 is 0 Å². The van der Waals surface area contributed by atoms with E-state index < -0.39 is 0 Å². The van der Waals surface area contributed by atoms with Gasteiger partial charge in [-0.25, -0.2) is 0 Å². The molecule has 2 atom stereocenters. The summed E-state index contributed by atoms with van der Waals surface area (Å²) in [5, 5.41) is 20.5. The van der Waals surface area contributed by atoms with Crippen molar-refractivity contribution in [1.82, 2.24) is 5.32 Å². The van der Waals surface area contributed by atoms with E-state index in [2.05, 4.69) is 5.32 Å². The average molecular weight is 156 g/mol. The van der Waals surface area contributed by atoms with Crippen LogP contribution in [0.1, 0.15) is 26.7 Å². The van der Waals surface area contributed by atoms with E-state index in [-0.39, 0.29) is 12.1 Å². The Morgan fingerprint density at radius 1 is 1.64 bits per heavy atom. The highest BCUT2D eigenvalue weighted by Gasteiger charge is 2.03. The van der Waals surface area contributed by atoms with Gasteiger partial charge in [0.2, 0.25) is 0 Å². The summed E-state index contributed by atoms with van der Waals surface area (Å²) in [6.07, 6.45) is 1.46. The summed E-state index contributed by atoms with van der Waals surface area (Å²) in [7, 11) is 0. The highest BCUT2D eigenvalue weighted by molar-refractivity contribution is 4.85. The van der Waals surface area contributed by atoms with Crippen molar-refractivity contribution in [2.45, 2.75) is 38.8 Å². The molecule has 0 radical (unpaired) electrons. The van der Waals surface area contributed by atoms with Crippen LogP contribution in [0.2, 0.25) is 0 Å². The first-order chi connectivity index (χ1) is 5.20. The summed E-state index contributed by atoms with van der Waals surface area (Å²) in [6, 6.07) is 1.87. The summed E-state index contributed by atoms with van der Waals surface area (Å²) in [4.78, 5) is 0. The Morgan fingerprint density at radius 3 is 2.73 bits per heavy atom. The topological polar surface area (TPSA) is 56.0 Å². The third kappa shape index (κ3) is 5.84. The van der Waals surface area contributed by atoms with Gasteiger partial charge in [-0.15, -0.1) is 0 Å². The van der Waals surface area contributed by atoms with Gasteiger partial charge in [0.25, 0.3) is 0 Å². The van der Waals surface area contributed by atoms with E-state index in [1.165, 1.54) is 0 Å². The second kappa shape index (κ2) is 6.14.